The van der Waals surface area contributed by atoms with Crippen molar-refractivity contribution in [1.29, 1.82) is 0 Å². The van der Waals surface area contributed by atoms with Crippen molar-refractivity contribution in [3.63, 3.8) is 0 Å². The average Bonchev–Trinajstić information content (AvgIpc) is 2.30. The Morgan fingerprint density at radius 2 is 1.89 bits per heavy atom. The second-order valence-corrected chi connectivity index (χ2v) is 4.24. The van der Waals surface area contributed by atoms with E-state index in [1.807, 2.05) is 18.2 Å². The maximum atomic E-state index is 5.63. The Hall–Kier alpha value is -1.33. The van der Waals surface area contributed by atoms with Crippen LogP contribution in [-0.2, 0) is 4.84 Å². The van der Waals surface area contributed by atoms with Crippen molar-refractivity contribution in [3.05, 3.63) is 24.3 Å². The number of hydrogen-bond donors (Lipinski definition) is 0. The predicted octanol–water partition coefficient (Wildman–Crippen LogP) is 3.02. The number of hydrogen-bond acceptors (Lipinski definition) is 5. The molecule has 0 unspecified atom stereocenters. The molecule has 0 radical (unpaired) electrons. The molecule has 0 saturated heterocycles. The van der Waals surface area contributed by atoms with Crippen LogP contribution in [0.1, 0.15) is 19.8 Å². The summed E-state index contributed by atoms with van der Waals surface area (Å²) in [6, 6.07) is 7.40. The first-order valence-electron chi connectivity index (χ1n) is 5.92. The van der Waals surface area contributed by atoms with Gasteiger partial charge >= 0.3 is 5.24 Å². The summed E-state index contributed by atoms with van der Waals surface area (Å²) >= 11 is 4.97. The third-order valence-corrected chi connectivity index (χ3v) is 2.21. The number of unbranched alkanes of at least 4 members (excludes halogenated alkanes) is 1. The Kier molecular flexibility index (Phi) is 6.46. The first kappa shape index (κ1) is 14.7. The SMILES string of the molecule is CCCCOc1ccccc1OC(=S)ON(C)C. The molecular formula is C13H19NO3S. The molecule has 0 aliphatic carbocycles. The van der Waals surface area contributed by atoms with Crippen LogP contribution in [0.15, 0.2) is 24.3 Å². The molecule has 0 atom stereocenters. The van der Waals surface area contributed by atoms with Crippen molar-refractivity contribution in [2.24, 2.45) is 0 Å². The molecule has 0 spiro atoms. The largest absolute Gasteiger partial charge is 0.490 e. The Balaban J connectivity index is 2.61. The smallest absolute Gasteiger partial charge is 0.377 e. The van der Waals surface area contributed by atoms with Crippen LogP contribution >= 0.6 is 12.2 Å². The van der Waals surface area contributed by atoms with Gasteiger partial charge in [-0.25, -0.2) is 0 Å². The molecule has 100 valence electrons. The Morgan fingerprint density at radius 3 is 2.50 bits per heavy atom. The number of para-hydroxylation sites is 2. The highest BCUT2D eigenvalue weighted by Crippen LogP contribution is 2.27. The average molecular weight is 269 g/mol. The molecular weight excluding hydrogens is 250 g/mol. The van der Waals surface area contributed by atoms with Crippen molar-refractivity contribution in [2.45, 2.75) is 19.8 Å². The topological polar surface area (TPSA) is 30.9 Å². The number of rotatable bonds is 6. The molecule has 1 rings (SSSR count). The minimum Gasteiger partial charge on any atom is -0.490 e. The van der Waals surface area contributed by atoms with Gasteiger partial charge in [0.15, 0.2) is 11.5 Å². The third kappa shape index (κ3) is 5.33. The monoisotopic (exact) mass is 269 g/mol. The van der Waals surface area contributed by atoms with Gasteiger partial charge in [0.25, 0.3) is 0 Å². The molecule has 5 heteroatoms. The molecule has 0 aliphatic heterocycles. The summed E-state index contributed by atoms with van der Waals surface area (Å²) in [6.07, 6.45) is 2.10. The van der Waals surface area contributed by atoms with Gasteiger partial charge in [-0.15, -0.1) is 5.06 Å². The molecule has 1 aromatic carbocycles. The zero-order chi connectivity index (χ0) is 13.4. The number of hydroxylamine groups is 2. The first-order valence-corrected chi connectivity index (χ1v) is 6.33. The minimum atomic E-state index is 0.0477. The molecule has 4 nitrogen and oxygen atoms in total. The van der Waals surface area contributed by atoms with E-state index in [2.05, 4.69) is 6.92 Å². The van der Waals surface area contributed by atoms with Gasteiger partial charge in [0.1, 0.15) is 0 Å². The molecule has 0 amide bonds. The summed E-state index contributed by atoms with van der Waals surface area (Å²) < 4.78 is 11.1. The van der Waals surface area contributed by atoms with Crippen LogP contribution in [0.2, 0.25) is 0 Å². The molecule has 18 heavy (non-hydrogen) atoms. The van der Waals surface area contributed by atoms with Crippen LogP contribution in [0.3, 0.4) is 0 Å². The van der Waals surface area contributed by atoms with Crippen LogP contribution in [0.5, 0.6) is 11.5 Å². The van der Waals surface area contributed by atoms with Gasteiger partial charge in [-0.1, -0.05) is 25.5 Å². The van der Waals surface area contributed by atoms with Gasteiger partial charge in [-0.2, -0.15) is 0 Å². The molecule has 0 bridgehead atoms. The lowest BCUT2D eigenvalue weighted by Gasteiger charge is -2.15. The second kappa shape index (κ2) is 7.89. The molecule has 0 N–H and O–H groups in total. The number of nitrogens with zero attached hydrogens (tertiary/aromatic N) is 1. The molecule has 0 aliphatic rings. The highest BCUT2D eigenvalue weighted by molar-refractivity contribution is 7.79. The van der Waals surface area contributed by atoms with Crippen LogP contribution in [-0.4, -0.2) is 31.0 Å². The number of benzene rings is 1. The van der Waals surface area contributed by atoms with Crippen LogP contribution in [0, 0.1) is 0 Å². The molecule has 0 saturated carbocycles. The van der Waals surface area contributed by atoms with E-state index in [0.717, 1.165) is 12.8 Å². The fourth-order valence-corrected chi connectivity index (χ4v) is 1.48. The van der Waals surface area contributed by atoms with E-state index < -0.39 is 0 Å². The van der Waals surface area contributed by atoms with E-state index in [9.17, 15) is 0 Å². The highest BCUT2D eigenvalue weighted by Gasteiger charge is 2.08. The standard InChI is InChI=1S/C13H19NO3S/c1-4-5-10-15-11-8-6-7-9-12(11)16-13(18)17-14(2)3/h6-9H,4-5,10H2,1-3H3. The number of thiocarbonyl (C=S) groups is 1. The quantitative estimate of drug-likeness (QED) is 0.450. The Labute approximate surface area is 113 Å². The van der Waals surface area contributed by atoms with Gasteiger partial charge in [0.05, 0.1) is 6.61 Å². The fraction of sp³-hybridized carbons (Fsp3) is 0.462. The Bertz CT molecular complexity index is 382. The normalized spacial score (nSPS) is 10.2. The van der Waals surface area contributed by atoms with Crippen molar-refractivity contribution in [3.8, 4) is 11.5 Å². The molecule has 0 aromatic heterocycles. The summed E-state index contributed by atoms with van der Waals surface area (Å²) in [5, 5.41) is 1.52. The zero-order valence-electron chi connectivity index (χ0n) is 11.0. The lowest BCUT2D eigenvalue weighted by atomic mass is 10.3. The number of ether oxygens (including phenoxy) is 2. The van der Waals surface area contributed by atoms with Gasteiger partial charge in [-0.3, -0.25) is 0 Å². The van der Waals surface area contributed by atoms with Crippen molar-refractivity contribution < 1.29 is 14.3 Å². The summed E-state index contributed by atoms with van der Waals surface area (Å²) in [6.45, 7) is 2.78. The fourth-order valence-electron chi connectivity index (χ4n) is 1.24. The van der Waals surface area contributed by atoms with Crippen LogP contribution in [0.25, 0.3) is 0 Å². The lowest BCUT2D eigenvalue weighted by Crippen LogP contribution is -2.21. The van der Waals surface area contributed by atoms with Crippen molar-refractivity contribution in [1.82, 2.24) is 5.06 Å². The van der Waals surface area contributed by atoms with Crippen LogP contribution < -0.4 is 9.47 Å². The molecule has 0 heterocycles. The highest BCUT2D eigenvalue weighted by atomic mass is 32.1. The predicted molar refractivity (Wildman–Crippen MR) is 74.8 cm³/mol. The maximum absolute atomic E-state index is 5.63. The first-order chi connectivity index (χ1) is 8.63. The maximum Gasteiger partial charge on any atom is 0.377 e. The second-order valence-electron chi connectivity index (χ2n) is 3.90. The Morgan fingerprint density at radius 1 is 1.22 bits per heavy atom. The van der Waals surface area contributed by atoms with Gasteiger partial charge in [0, 0.05) is 26.3 Å². The summed E-state index contributed by atoms with van der Waals surface area (Å²) in [4.78, 5) is 5.12. The zero-order valence-corrected chi connectivity index (χ0v) is 11.8. The van der Waals surface area contributed by atoms with E-state index in [0.29, 0.717) is 18.1 Å². The van der Waals surface area contributed by atoms with E-state index in [1.54, 1.807) is 20.2 Å². The summed E-state index contributed by atoms with van der Waals surface area (Å²) in [5.41, 5.74) is 0. The van der Waals surface area contributed by atoms with E-state index in [4.69, 9.17) is 26.5 Å². The van der Waals surface area contributed by atoms with Crippen molar-refractivity contribution >= 4 is 17.5 Å². The van der Waals surface area contributed by atoms with E-state index in [-0.39, 0.29) is 5.24 Å². The summed E-state index contributed by atoms with van der Waals surface area (Å²) in [7, 11) is 3.47. The van der Waals surface area contributed by atoms with E-state index in [1.165, 1.54) is 5.06 Å². The molecule has 1 aromatic rings. The lowest BCUT2D eigenvalue weighted by molar-refractivity contribution is -0.0348. The van der Waals surface area contributed by atoms with Gasteiger partial charge < -0.3 is 14.3 Å². The van der Waals surface area contributed by atoms with Gasteiger partial charge in [-0.05, 0) is 18.6 Å². The van der Waals surface area contributed by atoms with E-state index >= 15 is 0 Å². The van der Waals surface area contributed by atoms with Crippen molar-refractivity contribution in [2.75, 3.05) is 20.7 Å². The molecule has 0 fully saturated rings. The van der Waals surface area contributed by atoms with Gasteiger partial charge in [0.2, 0.25) is 0 Å². The summed E-state index contributed by atoms with van der Waals surface area (Å²) in [5.74, 6) is 1.25. The minimum absolute atomic E-state index is 0.0477. The third-order valence-electron chi connectivity index (χ3n) is 2.06. The van der Waals surface area contributed by atoms with Crippen LogP contribution in [0.4, 0.5) is 0 Å².